The summed E-state index contributed by atoms with van der Waals surface area (Å²) in [4.78, 5) is 3.14. The molecule has 0 spiro atoms. The first-order valence-corrected chi connectivity index (χ1v) is 7.52. The number of halogens is 1. The van der Waals surface area contributed by atoms with Crippen LogP contribution < -0.4 is 0 Å². The van der Waals surface area contributed by atoms with Crippen molar-refractivity contribution >= 4 is 28.1 Å². The van der Waals surface area contributed by atoms with Crippen LogP contribution in [-0.2, 0) is 6.54 Å². The average Bonchev–Trinajstić information content (AvgIpc) is 2.83. The quantitative estimate of drug-likeness (QED) is 0.661. The first-order chi connectivity index (χ1) is 9.74. The molecule has 0 aliphatic heterocycles. The van der Waals surface area contributed by atoms with Crippen LogP contribution in [0.3, 0.4) is 0 Å². The zero-order chi connectivity index (χ0) is 13.9. The number of aromatic amines is 1. The minimum Gasteiger partial charge on any atom is -0.337 e. The molecule has 0 atom stereocenters. The number of aromatic nitrogens is 2. The maximum Gasteiger partial charge on any atom is 0.177 e. The molecule has 4 heteroatoms. The molecule has 3 aromatic rings. The van der Waals surface area contributed by atoms with Crippen molar-refractivity contribution in [3.05, 3.63) is 75.6 Å². The summed E-state index contributed by atoms with van der Waals surface area (Å²) in [6, 6.07) is 18.6. The molecule has 1 heterocycles. The molecule has 0 saturated carbocycles. The van der Waals surface area contributed by atoms with Gasteiger partial charge < -0.3 is 9.55 Å². The van der Waals surface area contributed by atoms with Crippen molar-refractivity contribution in [3.63, 3.8) is 0 Å². The molecule has 0 amide bonds. The van der Waals surface area contributed by atoms with Crippen LogP contribution in [0, 0.1) is 4.77 Å². The molecule has 1 N–H and O–H groups in total. The highest BCUT2D eigenvalue weighted by molar-refractivity contribution is 9.10. The van der Waals surface area contributed by atoms with E-state index in [1.165, 1.54) is 5.56 Å². The van der Waals surface area contributed by atoms with E-state index in [2.05, 4.69) is 49.7 Å². The van der Waals surface area contributed by atoms with Gasteiger partial charge in [-0.1, -0.05) is 58.4 Å². The van der Waals surface area contributed by atoms with Crippen LogP contribution >= 0.6 is 28.1 Å². The van der Waals surface area contributed by atoms with Gasteiger partial charge in [-0.2, -0.15) is 0 Å². The smallest absolute Gasteiger partial charge is 0.177 e. The zero-order valence-corrected chi connectivity index (χ0v) is 13.1. The van der Waals surface area contributed by atoms with E-state index in [0.29, 0.717) is 0 Å². The third-order valence-corrected chi connectivity index (χ3v) is 4.06. The number of hydrogen-bond acceptors (Lipinski definition) is 1. The van der Waals surface area contributed by atoms with Crippen LogP contribution in [-0.4, -0.2) is 9.55 Å². The zero-order valence-electron chi connectivity index (χ0n) is 10.7. The van der Waals surface area contributed by atoms with Gasteiger partial charge in [0.25, 0.3) is 0 Å². The lowest BCUT2D eigenvalue weighted by Gasteiger charge is -2.09. The monoisotopic (exact) mass is 344 g/mol. The summed E-state index contributed by atoms with van der Waals surface area (Å²) in [7, 11) is 0. The molecular formula is C16H13BrN2S. The van der Waals surface area contributed by atoms with Gasteiger partial charge in [-0.15, -0.1) is 0 Å². The molecule has 0 aliphatic rings. The van der Waals surface area contributed by atoms with Gasteiger partial charge in [0.2, 0.25) is 0 Å². The lowest BCUT2D eigenvalue weighted by molar-refractivity contribution is 0.791. The Morgan fingerprint density at radius 3 is 2.40 bits per heavy atom. The van der Waals surface area contributed by atoms with Gasteiger partial charge in [0, 0.05) is 10.7 Å². The molecule has 0 aliphatic carbocycles. The van der Waals surface area contributed by atoms with E-state index in [1.54, 1.807) is 0 Å². The van der Waals surface area contributed by atoms with Crippen molar-refractivity contribution in [1.82, 2.24) is 9.55 Å². The maximum absolute atomic E-state index is 5.40. The summed E-state index contributed by atoms with van der Waals surface area (Å²) in [5.74, 6) is 0. The van der Waals surface area contributed by atoms with Gasteiger partial charge in [-0.05, 0) is 35.5 Å². The Hall–Kier alpha value is -1.65. The highest BCUT2D eigenvalue weighted by Gasteiger charge is 2.07. The Kier molecular flexibility index (Phi) is 3.85. The molecule has 3 rings (SSSR count). The van der Waals surface area contributed by atoms with Crippen LogP contribution in [0.4, 0.5) is 0 Å². The molecule has 0 radical (unpaired) electrons. The van der Waals surface area contributed by atoms with Crippen LogP contribution in [0.5, 0.6) is 0 Å². The van der Waals surface area contributed by atoms with E-state index in [0.717, 1.165) is 27.0 Å². The molecule has 0 saturated heterocycles. The molecule has 0 bridgehead atoms. The molecule has 2 aromatic carbocycles. The fraction of sp³-hybridized carbons (Fsp3) is 0.0625. The second-order valence-electron chi connectivity index (χ2n) is 4.56. The van der Waals surface area contributed by atoms with E-state index in [-0.39, 0.29) is 0 Å². The summed E-state index contributed by atoms with van der Waals surface area (Å²) < 4.78 is 3.94. The molecule has 0 unspecified atom stereocenters. The molecule has 100 valence electrons. The Bertz CT molecular complexity index is 757. The lowest BCUT2D eigenvalue weighted by atomic mass is 10.1. The molecular weight excluding hydrogens is 332 g/mol. The number of rotatable bonds is 3. The largest absolute Gasteiger partial charge is 0.337 e. The number of benzene rings is 2. The topological polar surface area (TPSA) is 20.7 Å². The predicted octanol–water partition coefficient (Wildman–Crippen LogP) is 5.02. The Morgan fingerprint density at radius 2 is 1.70 bits per heavy atom. The summed E-state index contributed by atoms with van der Waals surface area (Å²) in [5.41, 5.74) is 3.49. The summed E-state index contributed by atoms with van der Waals surface area (Å²) in [5, 5.41) is 0. The van der Waals surface area contributed by atoms with Gasteiger partial charge in [0.05, 0.1) is 12.2 Å². The van der Waals surface area contributed by atoms with Crippen molar-refractivity contribution in [2.45, 2.75) is 6.54 Å². The SMILES string of the molecule is S=c1[nH]cc(-c2ccc(Br)cc2)n1Cc1ccccc1. The van der Waals surface area contributed by atoms with Crippen LogP contribution in [0.15, 0.2) is 65.3 Å². The Morgan fingerprint density at radius 1 is 1.00 bits per heavy atom. The van der Waals surface area contributed by atoms with E-state index >= 15 is 0 Å². The third kappa shape index (κ3) is 2.76. The average molecular weight is 345 g/mol. The maximum atomic E-state index is 5.40. The minimum absolute atomic E-state index is 0.742. The van der Waals surface area contributed by atoms with Gasteiger partial charge in [0.15, 0.2) is 4.77 Å². The Labute approximate surface area is 131 Å². The molecule has 1 aromatic heterocycles. The molecule has 0 fully saturated rings. The highest BCUT2D eigenvalue weighted by atomic mass is 79.9. The van der Waals surface area contributed by atoms with E-state index in [9.17, 15) is 0 Å². The molecule has 20 heavy (non-hydrogen) atoms. The number of nitrogens with one attached hydrogen (secondary N) is 1. The number of imidazole rings is 1. The van der Waals surface area contributed by atoms with E-state index < -0.39 is 0 Å². The number of hydrogen-bond donors (Lipinski definition) is 1. The normalized spacial score (nSPS) is 10.7. The van der Waals surface area contributed by atoms with Crippen LogP contribution in [0.25, 0.3) is 11.3 Å². The van der Waals surface area contributed by atoms with Gasteiger partial charge in [-0.3, -0.25) is 0 Å². The van der Waals surface area contributed by atoms with Crippen LogP contribution in [0.1, 0.15) is 5.56 Å². The third-order valence-electron chi connectivity index (χ3n) is 3.19. The van der Waals surface area contributed by atoms with Crippen molar-refractivity contribution in [2.24, 2.45) is 0 Å². The van der Waals surface area contributed by atoms with Crippen molar-refractivity contribution in [2.75, 3.05) is 0 Å². The predicted molar refractivity (Wildman–Crippen MR) is 88.3 cm³/mol. The standard InChI is InChI=1S/C16H13BrN2S/c17-14-8-6-13(7-9-14)15-10-18-16(20)19(15)11-12-4-2-1-3-5-12/h1-10H,11H2,(H,18,20). The number of nitrogens with zero attached hydrogens (tertiary/aromatic N) is 1. The van der Waals surface area contributed by atoms with E-state index in [4.69, 9.17) is 12.2 Å². The van der Waals surface area contributed by atoms with Gasteiger partial charge >= 0.3 is 0 Å². The fourth-order valence-electron chi connectivity index (χ4n) is 2.18. The van der Waals surface area contributed by atoms with Crippen molar-refractivity contribution in [3.8, 4) is 11.3 Å². The second kappa shape index (κ2) is 5.77. The van der Waals surface area contributed by atoms with Crippen molar-refractivity contribution < 1.29 is 0 Å². The Balaban J connectivity index is 2.01. The summed E-state index contributed by atoms with van der Waals surface area (Å²) in [6.45, 7) is 0.772. The summed E-state index contributed by atoms with van der Waals surface area (Å²) in [6.07, 6.45) is 1.97. The minimum atomic E-state index is 0.742. The first-order valence-electron chi connectivity index (χ1n) is 6.32. The number of H-pyrrole nitrogens is 1. The van der Waals surface area contributed by atoms with Gasteiger partial charge in [-0.25, -0.2) is 0 Å². The summed E-state index contributed by atoms with van der Waals surface area (Å²) >= 11 is 8.86. The second-order valence-corrected chi connectivity index (χ2v) is 5.86. The fourth-order valence-corrected chi connectivity index (χ4v) is 2.66. The van der Waals surface area contributed by atoms with E-state index in [1.807, 2.05) is 36.5 Å². The highest BCUT2D eigenvalue weighted by Crippen LogP contribution is 2.23. The van der Waals surface area contributed by atoms with Gasteiger partial charge in [0.1, 0.15) is 0 Å². The molecule has 2 nitrogen and oxygen atoms in total. The van der Waals surface area contributed by atoms with Crippen LogP contribution in [0.2, 0.25) is 0 Å². The van der Waals surface area contributed by atoms with Crippen molar-refractivity contribution in [1.29, 1.82) is 0 Å². The lowest BCUT2D eigenvalue weighted by Crippen LogP contribution is -2.01. The first kappa shape index (κ1) is 13.3.